The predicted molar refractivity (Wildman–Crippen MR) is 126 cm³/mol. The lowest BCUT2D eigenvalue weighted by Crippen LogP contribution is -2.03. The van der Waals surface area contributed by atoms with Gasteiger partial charge < -0.3 is 18.9 Å². The molecular formula is C25H39N3O4. The third kappa shape index (κ3) is 11.4. The van der Waals surface area contributed by atoms with Crippen LogP contribution in [0.1, 0.15) is 65.2 Å². The summed E-state index contributed by atoms with van der Waals surface area (Å²) in [5.74, 6) is 1.28. The van der Waals surface area contributed by atoms with Gasteiger partial charge in [-0.3, -0.25) is 4.98 Å². The van der Waals surface area contributed by atoms with Gasteiger partial charge in [-0.2, -0.15) is 0 Å². The Morgan fingerprint density at radius 1 is 0.562 bits per heavy atom. The maximum atomic E-state index is 5.75. The van der Waals surface area contributed by atoms with Crippen LogP contribution in [0.25, 0.3) is 11.4 Å². The van der Waals surface area contributed by atoms with E-state index in [9.17, 15) is 0 Å². The van der Waals surface area contributed by atoms with Crippen LogP contribution < -0.4 is 9.47 Å². The summed E-state index contributed by atoms with van der Waals surface area (Å²) in [4.78, 5) is 13.2. The maximum absolute atomic E-state index is 5.75. The van der Waals surface area contributed by atoms with Crippen LogP contribution in [0.3, 0.4) is 0 Å². The zero-order valence-electron chi connectivity index (χ0n) is 19.8. The van der Waals surface area contributed by atoms with E-state index in [0.29, 0.717) is 24.8 Å². The standard InChI is InChI=1S/C25H39N3O4/c1-3-5-13-29-15-7-9-17-31-22-11-12-23(26-19-22)24-20-28-25(21-27-24)32-18-10-8-16-30-14-6-4-2/h11-12,19-21H,3-10,13-18H2,1-2H3. The summed E-state index contributed by atoms with van der Waals surface area (Å²) < 4.78 is 22.5. The molecule has 0 aliphatic heterocycles. The van der Waals surface area contributed by atoms with E-state index in [0.717, 1.165) is 76.4 Å². The molecule has 178 valence electrons. The van der Waals surface area contributed by atoms with Gasteiger partial charge in [0.05, 0.1) is 37.5 Å². The molecule has 0 spiro atoms. The van der Waals surface area contributed by atoms with Crippen molar-refractivity contribution in [2.45, 2.75) is 65.2 Å². The van der Waals surface area contributed by atoms with Crippen molar-refractivity contribution in [2.75, 3.05) is 39.6 Å². The number of unbranched alkanes of at least 4 members (excludes halogenated alkanes) is 4. The molecule has 2 rings (SSSR count). The summed E-state index contributed by atoms with van der Waals surface area (Å²) in [6.45, 7) is 8.89. The van der Waals surface area contributed by atoms with Crippen molar-refractivity contribution in [3.8, 4) is 23.0 Å². The first-order valence-corrected chi connectivity index (χ1v) is 12.0. The summed E-state index contributed by atoms with van der Waals surface area (Å²) in [5, 5.41) is 0. The molecule has 0 radical (unpaired) electrons. The molecule has 0 atom stereocenters. The fourth-order valence-corrected chi connectivity index (χ4v) is 2.82. The molecule has 0 unspecified atom stereocenters. The van der Waals surface area contributed by atoms with Crippen LogP contribution in [-0.2, 0) is 9.47 Å². The van der Waals surface area contributed by atoms with Gasteiger partial charge in [-0.15, -0.1) is 0 Å². The van der Waals surface area contributed by atoms with Gasteiger partial charge in [-0.1, -0.05) is 26.7 Å². The average Bonchev–Trinajstić information content (AvgIpc) is 2.83. The summed E-state index contributed by atoms with van der Waals surface area (Å²) in [5.41, 5.74) is 1.46. The van der Waals surface area contributed by atoms with E-state index in [2.05, 4.69) is 28.8 Å². The second kappa shape index (κ2) is 17.3. The van der Waals surface area contributed by atoms with Crippen LogP contribution in [0.5, 0.6) is 11.6 Å². The molecule has 7 nitrogen and oxygen atoms in total. The zero-order chi connectivity index (χ0) is 22.7. The average molecular weight is 446 g/mol. The highest BCUT2D eigenvalue weighted by Gasteiger charge is 2.04. The smallest absolute Gasteiger partial charge is 0.232 e. The van der Waals surface area contributed by atoms with Gasteiger partial charge in [-0.25, -0.2) is 9.97 Å². The van der Waals surface area contributed by atoms with E-state index in [-0.39, 0.29) is 0 Å². The van der Waals surface area contributed by atoms with Crippen LogP contribution >= 0.6 is 0 Å². The Labute approximate surface area is 192 Å². The number of pyridine rings is 1. The Morgan fingerprint density at radius 3 is 1.72 bits per heavy atom. The number of hydrogen-bond acceptors (Lipinski definition) is 7. The third-order valence-electron chi connectivity index (χ3n) is 4.80. The highest BCUT2D eigenvalue weighted by Crippen LogP contribution is 2.18. The van der Waals surface area contributed by atoms with E-state index in [1.807, 2.05) is 12.1 Å². The van der Waals surface area contributed by atoms with Gasteiger partial charge in [0.25, 0.3) is 0 Å². The van der Waals surface area contributed by atoms with Gasteiger partial charge in [0.1, 0.15) is 11.4 Å². The molecule has 0 saturated heterocycles. The van der Waals surface area contributed by atoms with Gasteiger partial charge >= 0.3 is 0 Å². The van der Waals surface area contributed by atoms with Crippen molar-refractivity contribution in [1.29, 1.82) is 0 Å². The molecule has 2 heterocycles. The quantitative estimate of drug-likeness (QED) is 0.265. The highest BCUT2D eigenvalue weighted by atomic mass is 16.5. The number of aromatic nitrogens is 3. The molecule has 7 heteroatoms. The van der Waals surface area contributed by atoms with Crippen LogP contribution in [0, 0.1) is 0 Å². The molecule has 0 aromatic carbocycles. The van der Waals surface area contributed by atoms with Crippen molar-refractivity contribution in [3.63, 3.8) is 0 Å². The SMILES string of the molecule is CCCCOCCCCOc1ccc(-c2cnc(OCCCCOCCCC)cn2)nc1. The molecule has 0 bridgehead atoms. The van der Waals surface area contributed by atoms with Crippen molar-refractivity contribution in [1.82, 2.24) is 15.0 Å². The fourth-order valence-electron chi connectivity index (χ4n) is 2.82. The highest BCUT2D eigenvalue weighted by molar-refractivity contribution is 5.53. The minimum atomic E-state index is 0.527. The first-order valence-electron chi connectivity index (χ1n) is 12.0. The monoisotopic (exact) mass is 445 g/mol. The number of ether oxygens (including phenoxy) is 4. The second-order valence-electron chi connectivity index (χ2n) is 7.66. The van der Waals surface area contributed by atoms with E-state index >= 15 is 0 Å². The van der Waals surface area contributed by atoms with Crippen LogP contribution in [0.15, 0.2) is 30.7 Å². The van der Waals surface area contributed by atoms with Gasteiger partial charge in [0, 0.05) is 26.4 Å². The fraction of sp³-hybridized carbons (Fsp3) is 0.640. The summed E-state index contributed by atoms with van der Waals surface area (Å²) in [7, 11) is 0. The van der Waals surface area contributed by atoms with Crippen molar-refractivity contribution < 1.29 is 18.9 Å². The van der Waals surface area contributed by atoms with Crippen LogP contribution in [0.4, 0.5) is 0 Å². The Morgan fingerprint density at radius 2 is 1.16 bits per heavy atom. The molecule has 0 aliphatic rings. The summed E-state index contributed by atoms with van der Waals surface area (Å²) in [6, 6.07) is 3.81. The Balaban J connectivity index is 1.61. The predicted octanol–water partition coefficient (Wildman–Crippen LogP) is 5.49. The summed E-state index contributed by atoms with van der Waals surface area (Å²) in [6.07, 6.45) is 13.5. The van der Waals surface area contributed by atoms with E-state index < -0.39 is 0 Å². The molecule has 0 N–H and O–H groups in total. The second-order valence-corrected chi connectivity index (χ2v) is 7.66. The topological polar surface area (TPSA) is 75.6 Å². The van der Waals surface area contributed by atoms with E-state index in [1.54, 1.807) is 18.6 Å². The van der Waals surface area contributed by atoms with E-state index in [1.165, 1.54) is 12.8 Å². The lowest BCUT2D eigenvalue weighted by Gasteiger charge is -2.08. The first-order chi connectivity index (χ1) is 15.8. The van der Waals surface area contributed by atoms with Crippen molar-refractivity contribution in [2.24, 2.45) is 0 Å². The van der Waals surface area contributed by atoms with Gasteiger partial charge in [-0.05, 0) is 50.7 Å². The normalized spacial score (nSPS) is 10.9. The minimum Gasteiger partial charge on any atom is -0.492 e. The molecule has 0 amide bonds. The van der Waals surface area contributed by atoms with Crippen LogP contribution in [-0.4, -0.2) is 54.6 Å². The first kappa shape index (κ1) is 26.0. The molecular weight excluding hydrogens is 406 g/mol. The zero-order valence-corrected chi connectivity index (χ0v) is 19.8. The Bertz CT molecular complexity index is 634. The minimum absolute atomic E-state index is 0.527. The van der Waals surface area contributed by atoms with Crippen molar-refractivity contribution in [3.05, 3.63) is 30.7 Å². The molecule has 2 aromatic rings. The van der Waals surface area contributed by atoms with Gasteiger partial charge in [0.15, 0.2) is 0 Å². The Hall–Kier alpha value is -2.25. The third-order valence-corrected chi connectivity index (χ3v) is 4.80. The largest absolute Gasteiger partial charge is 0.492 e. The molecule has 0 aliphatic carbocycles. The van der Waals surface area contributed by atoms with Crippen molar-refractivity contribution >= 4 is 0 Å². The maximum Gasteiger partial charge on any atom is 0.232 e. The molecule has 0 saturated carbocycles. The summed E-state index contributed by atoms with van der Waals surface area (Å²) >= 11 is 0. The van der Waals surface area contributed by atoms with E-state index in [4.69, 9.17) is 18.9 Å². The molecule has 0 fully saturated rings. The van der Waals surface area contributed by atoms with Gasteiger partial charge in [0.2, 0.25) is 5.88 Å². The number of nitrogens with zero attached hydrogens (tertiary/aromatic N) is 3. The number of hydrogen-bond donors (Lipinski definition) is 0. The lowest BCUT2D eigenvalue weighted by molar-refractivity contribution is 0.123. The Kier molecular flexibility index (Phi) is 14.1. The molecule has 2 aromatic heterocycles. The molecule has 32 heavy (non-hydrogen) atoms. The van der Waals surface area contributed by atoms with Crippen LogP contribution in [0.2, 0.25) is 0 Å². The lowest BCUT2D eigenvalue weighted by atomic mass is 10.3. The number of rotatable bonds is 19.